The summed E-state index contributed by atoms with van der Waals surface area (Å²) in [6, 6.07) is 7.50. The van der Waals surface area contributed by atoms with Gasteiger partial charge in [0.15, 0.2) is 0 Å². The molecule has 2 heterocycles. The number of carbonyl (C=O) groups is 1. The fraction of sp³-hybridized carbons (Fsp3) is 0.312. The number of likely N-dealkylation sites (tertiary alicyclic amines) is 1. The number of aryl methyl sites for hydroxylation is 1. The number of benzene rings is 1. The molecule has 0 saturated carbocycles. The van der Waals surface area contributed by atoms with E-state index < -0.39 is 0 Å². The van der Waals surface area contributed by atoms with Crippen molar-refractivity contribution in [2.24, 2.45) is 0 Å². The van der Waals surface area contributed by atoms with Gasteiger partial charge in [0, 0.05) is 29.7 Å². The molecule has 21 heavy (non-hydrogen) atoms. The second-order valence-corrected chi connectivity index (χ2v) is 5.99. The molecule has 0 atom stereocenters. The molecule has 0 N–H and O–H groups in total. The first kappa shape index (κ1) is 13.8. The lowest BCUT2D eigenvalue weighted by Gasteiger charge is -2.17. The Kier molecular flexibility index (Phi) is 3.72. The van der Waals surface area contributed by atoms with Gasteiger partial charge in [0.05, 0.1) is 17.2 Å². The van der Waals surface area contributed by atoms with Crippen molar-refractivity contribution in [1.82, 2.24) is 9.88 Å². The summed E-state index contributed by atoms with van der Waals surface area (Å²) in [4.78, 5) is 19.0. The van der Waals surface area contributed by atoms with Gasteiger partial charge in [0.25, 0.3) is 5.91 Å². The maximum Gasteiger partial charge on any atom is 0.254 e. The van der Waals surface area contributed by atoms with Crippen LogP contribution < -0.4 is 0 Å². The Balaban J connectivity index is 2.12. The van der Waals surface area contributed by atoms with Gasteiger partial charge in [-0.3, -0.25) is 4.79 Å². The third-order valence-corrected chi connectivity index (χ3v) is 4.62. The van der Waals surface area contributed by atoms with E-state index in [4.69, 9.17) is 0 Å². The van der Waals surface area contributed by atoms with Crippen LogP contribution in [-0.4, -0.2) is 28.9 Å². The highest BCUT2D eigenvalue weighted by molar-refractivity contribution is 7.13. The fourth-order valence-corrected chi connectivity index (χ4v) is 3.48. The smallest absolute Gasteiger partial charge is 0.254 e. The summed E-state index contributed by atoms with van der Waals surface area (Å²) >= 11 is 1.47. The van der Waals surface area contributed by atoms with Crippen molar-refractivity contribution in [2.45, 2.75) is 19.8 Å². The Morgan fingerprint density at radius 1 is 1.38 bits per heavy atom. The Morgan fingerprint density at radius 3 is 2.76 bits per heavy atom. The van der Waals surface area contributed by atoms with E-state index in [1.807, 2.05) is 17.2 Å². The maximum absolute atomic E-state index is 12.7. The third kappa shape index (κ3) is 2.55. The van der Waals surface area contributed by atoms with Crippen LogP contribution in [0.3, 0.4) is 0 Å². The molecule has 1 saturated heterocycles. The molecule has 0 bridgehead atoms. The molecule has 106 valence electrons. The van der Waals surface area contributed by atoms with E-state index >= 15 is 0 Å². The van der Waals surface area contributed by atoms with Crippen molar-refractivity contribution in [3.05, 3.63) is 40.4 Å². The van der Waals surface area contributed by atoms with Crippen molar-refractivity contribution in [3.8, 4) is 16.6 Å². The molecule has 5 heteroatoms. The molecule has 1 aromatic heterocycles. The molecule has 0 radical (unpaired) electrons. The summed E-state index contributed by atoms with van der Waals surface area (Å²) < 4.78 is 0. The predicted octanol–water partition coefficient (Wildman–Crippen LogP) is 3.23. The van der Waals surface area contributed by atoms with Crippen LogP contribution in [0.4, 0.5) is 0 Å². The van der Waals surface area contributed by atoms with Crippen molar-refractivity contribution in [1.29, 1.82) is 5.26 Å². The van der Waals surface area contributed by atoms with Crippen molar-refractivity contribution in [2.75, 3.05) is 13.1 Å². The number of carbonyl (C=O) groups excluding carboxylic acids is 1. The minimum absolute atomic E-state index is 0.00690. The molecule has 0 unspecified atom stereocenters. The van der Waals surface area contributed by atoms with Gasteiger partial charge >= 0.3 is 0 Å². The molecule has 3 rings (SSSR count). The molecule has 0 spiro atoms. The molecule has 1 aliphatic rings. The summed E-state index contributed by atoms with van der Waals surface area (Å²) in [5.41, 5.74) is 2.68. The number of aromatic nitrogens is 1. The van der Waals surface area contributed by atoms with E-state index in [0.29, 0.717) is 16.7 Å². The SMILES string of the molecule is Cc1csc(-c2c(C#N)cccc2C(=O)N2CCCC2)n1. The van der Waals surface area contributed by atoms with Crippen molar-refractivity contribution in [3.63, 3.8) is 0 Å². The summed E-state index contributed by atoms with van der Waals surface area (Å²) in [7, 11) is 0. The minimum atomic E-state index is 0.00690. The van der Waals surface area contributed by atoms with Gasteiger partial charge in [-0.1, -0.05) is 6.07 Å². The summed E-state index contributed by atoms with van der Waals surface area (Å²) in [6.07, 6.45) is 2.10. The number of nitriles is 1. The predicted molar refractivity (Wildman–Crippen MR) is 82.1 cm³/mol. The number of amides is 1. The van der Waals surface area contributed by atoms with E-state index in [0.717, 1.165) is 36.6 Å². The average molecular weight is 297 g/mol. The first-order chi connectivity index (χ1) is 10.2. The molecule has 1 amide bonds. The zero-order valence-electron chi connectivity index (χ0n) is 11.8. The van der Waals surface area contributed by atoms with Crippen LogP contribution in [0.1, 0.15) is 34.5 Å². The van der Waals surface area contributed by atoms with Crippen molar-refractivity contribution >= 4 is 17.2 Å². The average Bonchev–Trinajstić information content (AvgIpc) is 3.17. The topological polar surface area (TPSA) is 57.0 Å². The molecular weight excluding hydrogens is 282 g/mol. The minimum Gasteiger partial charge on any atom is -0.339 e. The molecule has 1 fully saturated rings. The van der Waals surface area contributed by atoms with E-state index in [1.54, 1.807) is 18.2 Å². The molecular formula is C16H15N3OS. The van der Waals surface area contributed by atoms with Crippen LogP contribution in [-0.2, 0) is 0 Å². The highest BCUT2D eigenvalue weighted by Gasteiger charge is 2.24. The van der Waals surface area contributed by atoms with Gasteiger partial charge < -0.3 is 4.90 Å². The van der Waals surface area contributed by atoms with E-state index in [1.165, 1.54) is 11.3 Å². The lowest BCUT2D eigenvalue weighted by molar-refractivity contribution is 0.0793. The Labute approximate surface area is 127 Å². The van der Waals surface area contributed by atoms with E-state index in [9.17, 15) is 10.1 Å². The van der Waals surface area contributed by atoms with Gasteiger partial charge in [-0.05, 0) is 31.9 Å². The summed E-state index contributed by atoms with van der Waals surface area (Å²) in [6.45, 7) is 3.51. The van der Waals surface area contributed by atoms with Crippen LogP contribution >= 0.6 is 11.3 Å². The zero-order chi connectivity index (χ0) is 14.8. The Hall–Kier alpha value is -2.19. The first-order valence-corrected chi connectivity index (χ1v) is 7.83. The van der Waals surface area contributed by atoms with Crippen LogP contribution in [0.15, 0.2) is 23.6 Å². The number of hydrogen-bond acceptors (Lipinski definition) is 4. The van der Waals surface area contributed by atoms with Crippen LogP contribution in [0.2, 0.25) is 0 Å². The largest absolute Gasteiger partial charge is 0.339 e. The third-order valence-electron chi connectivity index (χ3n) is 3.64. The zero-order valence-corrected chi connectivity index (χ0v) is 12.6. The van der Waals surface area contributed by atoms with Crippen LogP contribution in [0.25, 0.3) is 10.6 Å². The second-order valence-electron chi connectivity index (χ2n) is 5.13. The summed E-state index contributed by atoms with van der Waals surface area (Å²) in [5, 5.41) is 12.0. The molecule has 0 aliphatic carbocycles. The monoisotopic (exact) mass is 297 g/mol. The molecule has 1 aromatic carbocycles. The van der Waals surface area contributed by atoms with Crippen molar-refractivity contribution < 1.29 is 4.79 Å². The number of thiazole rings is 1. The number of nitrogens with zero attached hydrogens (tertiary/aromatic N) is 3. The Bertz CT molecular complexity index is 723. The highest BCUT2D eigenvalue weighted by Crippen LogP contribution is 2.31. The number of rotatable bonds is 2. The Morgan fingerprint density at radius 2 is 2.14 bits per heavy atom. The summed E-state index contributed by atoms with van der Waals surface area (Å²) in [5.74, 6) is 0.00690. The van der Waals surface area contributed by atoms with Crippen LogP contribution in [0.5, 0.6) is 0 Å². The highest BCUT2D eigenvalue weighted by atomic mass is 32.1. The lowest BCUT2D eigenvalue weighted by Crippen LogP contribution is -2.28. The van der Waals surface area contributed by atoms with Gasteiger partial charge in [0.2, 0.25) is 0 Å². The van der Waals surface area contributed by atoms with Gasteiger partial charge in [-0.25, -0.2) is 4.98 Å². The van der Waals surface area contributed by atoms with E-state index in [2.05, 4.69) is 11.1 Å². The number of hydrogen-bond donors (Lipinski definition) is 0. The molecule has 4 nitrogen and oxygen atoms in total. The van der Waals surface area contributed by atoms with Crippen LogP contribution in [0, 0.1) is 18.3 Å². The quantitative estimate of drug-likeness (QED) is 0.855. The van der Waals surface area contributed by atoms with E-state index in [-0.39, 0.29) is 5.91 Å². The maximum atomic E-state index is 12.7. The van der Waals surface area contributed by atoms with Gasteiger partial charge in [-0.15, -0.1) is 11.3 Å². The molecule has 2 aromatic rings. The molecule has 1 aliphatic heterocycles. The fourth-order valence-electron chi connectivity index (χ4n) is 2.61. The standard InChI is InChI=1S/C16H15N3OS/c1-11-10-21-15(18-11)14-12(9-17)5-4-6-13(14)16(20)19-7-2-3-8-19/h4-6,10H,2-3,7-8H2,1H3. The first-order valence-electron chi connectivity index (χ1n) is 6.95. The normalized spacial score (nSPS) is 14.2. The lowest BCUT2D eigenvalue weighted by atomic mass is 10.0. The van der Waals surface area contributed by atoms with Gasteiger partial charge in [0.1, 0.15) is 5.01 Å². The second kappa shape index (κ2) is 5.66. The van der Waals surface area contributed by atoms with Gasteiger partial charge in [-0.2, -0.15) is 5.26 Å².